The highest BCUT2D eigenvalue weighted by Gasteiger charge is 2.31. The zero-order valence-corrected chi connectivity index (χ0v) is 9.21. The first-order chi connectivity index (χ1) is 6.06. The van der Waals surface area contributed by atoms with Crippen LogP contribution in [0, 0.1) is 11.8 Å². The van der Waals surface area contributed by atoms with Gasteiger partial charge in [0.05, 0.1) is 0 Å². The number of piperidine rings is 1. The fourth-order valence-electron chi connectivity index (χ4n) is 2.11. The summed E-state index contributed by atoms with van der Waals surface area (Å²) in [4.78, 5) is 13.9. The van der Waals surface area contributed by atoms with Gasteiger partial charge in [-0.05, 0) is 25.7 Å². The molecule has 1 fully saturated rings. The Labute approximate surface area is 81.3 Å². The van der Waals surface area contributed by atoms with Gasteiger partial charge in [-0.1, -0.05) is 20.8 Å². The van der Waals surface area contributed by atoms with Crippen molar-refractivity contribution < 1.29 is 4.79 Å². The Bertz CT molecular complexity index is 191. The Morgan fingerprint density at radius 1 is 1.54 bits per heavy atom. The lowest BCUT2D eigenvalue weighted by Crippen LogP contribution is -2.48. The predicted octanol–water partition coefficient (Wildman–Crippen LogP) is 2.29. The van der Waals surface area contributed by atoms with Gasteiger partial charge in [0.25, 0.3) is 0 Å². The summed E-state index contributed by atoms with van der Waals surface area (Å²) < 4.78 is 0. The number of amides is 1. The molecular formula is C11H21NO. The van der Waals surface area contributed by atoms with E-state index < -0.39 is 0 Å². The number of rotatable bonds is 2. The molecule has 1 saturated heterocycles. The van der Waals surface area contributed by atoms with E-state index in [2.05, 4.69) is 25.7 Å². The van der Waals surface area contributed by atoms with E-state index in [-0.39, 0.29) is 5.92 Å². The monoisotopic (exact) mass is 183 g/mol. The Hall–Kier alpha value is -0.530. The molecule has 0 radical (unpaired) electrons. The van der Waals surface area contributed by atoms with Gasteiger partial charge in [0.2, 0.25) is 5.91 Å². The number of nitrogens with zero attached hydrogens (tertiary/aromatic N) is 1. The van der Waals surface area contributed by atoms with Crippen molar-refractivity contribution in [1.29, 1.82) is 0 Å². The van der Waals surface area contributed by atoms with Gasteiger partial charge >= 0.3 is 0 Å². The summed E-state index contributed by atoms with van der Waals surface area (Å²) in [7, 11) is 0. The van der Waals surface area contributed by atoms with Crippen molar-refractivity contribution in [2.24, 2.45) is 11.8 Å². The standard InChI is InChI=1S/C11H21NO/c1-5-10(4)12-7-8(2)6-9(3)11(12)13/h8-10H,5-7H2,1-4H3. The predicted molar refractivity (Wildman–Crippen MR) is 54.4 cm³/mol. The minimum atomic E-state index is 0.234. The van der Waals surface area contributed by atoms with Gasteiger partial charge in [-0.2, -0.15) is 0 Å². The maximum atomic E-state index is 11.8. The van der Waals surface area contributed by atoms with Gasteiger partial charge in [-0.25, -0.2) is 0 Å². The van der Waals surface area contributed by atoms with Crippen LogP contribution in [0.3, 0.4) is 0 Å². The molecule has 1 heterocycles. The quantitative estimate of drug-likeness (QED) is 0.643. The SMILES string of the molecule is CCC(C)N1CC(C)CC(C)C1=O. The van der Waals surface area contributed by atoms with Gasteiger partial charge in [-0.15, -0.1) is 0 Å². The van der Waals surface area contributed by atoms with Crippen LogP contribution in [0.5, 0.6) is 0 Å². The van der Waals surface area contributed by atoms with Crippen molar-refractivity contribution >= 4 is 5.91 Å². The molecule has 0 spiro atoms. The van der Waals surface area contributed by atoms with Crippen molar-refractivity contribution in [3.05, 3.63) is 0 Å². The third-order valence-electron chi connectivity index (χ3n) is 3.09. The highest BCUT2D eigenvalue weighted by Crippen LogP contribution is 2.24. The van der Waals surface area contributed by atoms with Crippen LogP contribution < -0.4 is 0 Å². The van der Waals surface area contributed by atoms with Crippen LogP contribution in [0.4, 0.5) is 0 Å². The van der Waals surface area contributed by atoms with Crippen LogP contribution in [-0.2, 0) is 4.79 Å². The largest absolute Gasteiger partial charge is 0.340 e. The Balaban J connectivity index is 2.66. The lowest BCUT2D eigenvalue weighted by molar-refractivity contribution is -0.141. The van der Waals surface area contributed by atoms with E-state index in [0.29, 0.717) is 17.9 Å². The average Bonchev–Trinajstić information content (AvgIpc) is 2.10. The topological polar surface area (TPSA) is 20.3 Å². The zero-order chi connectivity index (χ0) is 10.0. The molecule has 0 aromatic rings. The van der Waals surface area contributed by atoms with Crippen molar-refractivity contribution in [1.82, 2.24) is 4.90 Å². The van der Waals surface area contributed by atoms with E-state index in [1.165, 1.54) is 0 Å². The lowest BCUT2D eigenvalue weighted by atomic mass is 9.90. The van der Waals surface area contributed by atoms with E-state index in [1.54, 1.807) is 0 Å². The fraction of sp³-hybridized carbons (Fsp3) is 0.909. The summed E-state index contributed by atoms with van der Waals surface area (Å²) in [5.41, 5.74) is 0. The number of hydrogen-bond donors (Lipinski definition) is 0. The molecular weight excluding hydrogens is 162 g/mol. The van der Waals surface area contributed by atoms with Crippen LogP contribution in [0.25, 0.3) is 0 Å². The third-order valence-corrected chi connectivity index (χ3v) is 3.09. The van der Waals surface area contributed by atoms with Crippen molar-refractivity contribution in [2.45, 2.75) is 46.6 Å². The number of carbonyl (C=O) groups excluding carboxylic acids is 1. The van der Waals surface area contributed by atoms with Crippen LogP contribution in [0.15, 0.2) is 0 Å². The maximum absolute atomic E-state index is 11.8. The van der Waals surface area contributed by atoms with E-state index in [9.17, 15) is 4.79 Å². The second-order valence-corrected chi connectivity index (χ2v) is 4.49. The van der Waals surface area contributed by atoms with Gasteiger partial charge in [-0.3, -0.25) is 4.79 Å². The molecule has 0 aliphatic carbocycles. The average molecular weight is 183 g/mol. The molecule has 3 unspecified atom stereocenters. The first-order valence-electron chi connectivity index (χ1n) is 5.36. The summed E-state index contributed by atoms with van der Waals surface area (Å²) in [6.07, 6.45) is 2.12. The molecule has 1 amide bonds. The molecule has 0 aromatic carbocycles. The minimum Gasteiger partial charge on any atom is -0.340 e. The molecule has 76 valence electrons. The Morgan fingerprint density at radius 2 is 2.15 bits per heavy atom. The van der Waals surface area contributed by atoms with E-state index in [1.807, 2.05) is 6.92 Å². The van der Waals surface area contributed by atoms with Crippen molar-refractivity contribution in [3.8, 4) is 0 Å². The van der Waals surface area contributed by atoms with E-state index >= 15 is 0 Å². The molecule has 2 nitrogen and oxygen atoms in total. The highest BCUT2D eigenvalue weighted by molar-refractivity contribution is 5.79. The molecule has 0 aromatic heterocycles. The van der Waals surface area contributed by atoms with Gasteiger partial charge in [0.15, 0.2) is 0 Å². The second kappa shape index (κ2) is 4.12. The molecule has 13 heavy (non-hydrogen) atoms. The van der Waals surface area contributed by atoms with Crippen LogP contribution in [-0.4, -0.2) is 23.4 Å². The third kappa shape index (κ3) is 2.23. The van der Waals surface area contributed by atoms with Crippen LogP contribution >= 0.6 is 0 Å². The molecule has 1 rings (SSSR count). The maximum Gasteiger partial charge on any atom is 0.225 e. The van der Waals surface area contributed by atoms with Gasteiger partial charge in [0.1, 0.15) is 0 Å². The molecule has 3 atom stereocenters. The summed E-state index contributed by atoms with van der Waals surface area (Å²) in [6, 6.07) is 0.415. The Morgan fingerprint density at radius 3 is 2.69 bits per heavy atom. The molecule has 0 saturated carbocycles. The first-order valence-corrected chi connectivity index (χ1v) is 5.36. The number of likely N-dealkylation sites (tertiary alicyclic amines) is 1. The van der Waals surface area contributed by atoms with Gasteiger partial charge < -0.3 is 4.90 Å². The fourth-order valence-corrected chi connectivity index (χ4v) is 2.11. The number of hydrogen-bond acceptors (Lipinski definition) is 1. The summed E-state index contributed by atoms with van der Waals surface area (Å²) >= 11 is 0. The van der Waals surface area contributed by atoms with Crippen molar-refractivity contribution in [2.75, 3.05) is 6.54 Å². The summed E-state index contributed by atoms with van der Waals surface area (Å²) in [5.74, 6) is 1.26. The summed E-state index contributed by atoms with van der Waals surface area (Å²) in [6.45, 7) is 9.52. The van der Waals surface area contributed by atoms with Crippen LogP contribution in [0.2, 0.25) is 0 Å². The molecule has 1 aliphatic heterocycles. The van der Waals surface area contributed by atoms with E-state index in [4.69, 9.17) is 0 Å². The van der Waals surface area contributed by atoms with E-state index in [0.717, 1.165) is 19.4 Å². The number of carbonyl (C=O) groups is 1. The van der Waals surface area contributed by atoms with Crippen LogP contribution in [0.1, 0.15) is 40.5 Å². The Kier molecular flexibility index (Phi) is 3.34. The summed E-state index contributed by atoms with van der Waals surface area (Å²) in [5, 5.41) is 0. The highest BCUT2D eigenvalue weighted by atomic mass is 16.2. The molecule has 0 N–H and O–H groups in total. The van der Waals surface area contributed by atoms with Crippen molar-refractivity contribution in [3.63, 3.8) is 0 Å². The van der Waals surface area contributed by atoms with Gasteiger partial charge in [0, 0.05) is 18.5 Å². The first kappa shape index (κ1) is 10.6. The zero-order valence-electron chi connectivity index (χ0n) is 9.21. The molecule has 0 bridgehead atoms. The molecule has 1 aliphatic rings. The normalized spacial score (nSPS) is 32.0. The minimum absolute atomic E-state index is 0.234. The lowest BCUT2D eigenvalue weighted by Gasteiger charge is -2.38. The second-order valence-electron chi connectivity index (χ2n) is 4.49. The smallest absolute Gasteiger partial charge is 0.225 e. The molecule has 2 heteroatoms.